The summed E-state index contributed by atoms with van der Waals surface area (Å²) in [6, 6.07) is 10.5. The fourth-order valence-corrected chi connectivity index (χ4v) is 3.65. The minimum Gasteiger partial charge on any atom is -0.328 e. The summed E-state index contributed by atoms with van der Waals surface area (Å²) in [7, 11) is -1.79. The Kier molecular flexibility index (Phi) is 6.81. The van der Waals surface area contributed by atoms with Gasteiger partial charge < -0.3 is 9.88 Å². The van der Waals surface area contributed by atoms with Crippen LogP contribution in [0.2, 0.25) is 0 Å². The molecule has 0 aliphatic carbocycles. The number of carbonyl (C=O) groups excluding carboxylic acids is 1. The molecular weight excluding hydrogens is 390 g/mol. The van der Waals surface area contributed by atoms with Gasteiger partial charge in [-0.05, 0) is 36.2 Å². The first kappa shape index (κ1) is 22.2. The van der Waals surface area contributed by atoms with E-state index in [9.17, 15) is 18.0 Å². The predicted octanol–water partition coefficient (Wildman–Crippen LogP) is 3.48. The maximum atomic E-state index is 12.5. The SMILES string of the molecule is CC.Cc1ccc(-c2cn(C)c(=O)c3cccc(NC=O)c23)cc1NS(C)(=O)=O. The molecule has 0 bridgehead atoms. The fourth-order valence-electron chi connectivity index (χ4n) is 3.03. The quantitative estimate of drug-likeness (QED) is 0.624. The van der Waals surface area contributed by atoms with Crippen LogP contribution in [-0.4, -0.2) is 25.7 Å². The molecule has 0 saturated carbocycles. The first-order valence-corrected chi connectivity index (χ1v) is 11.0. The smallest absolute Gasteiger partial charge is 0.258 e. The van der Waals surface area contributed by atoms with Gasteiger partial charge >= 0.3 is 0 Å². The largest absolute Gasteiger partial charge is 0.328 e. The summed E-state index contributed by atoms with van der Waals surface area (Å²) < 4.78 is 27.3. The third-order valence-corrected chi connectivity index (χ3v) is 4.86. The number of pyridine rings is 1. The van der Waals surface area contributed by atoms with Crippen LogP contribution in [0.25, 0.3) is 21.9 Å². The maximum absolute atomic E-state index is 12.5. The molecule has 3 aromatic rings. The Balaban J connectivity index is 0.00000145. The molecule has 0 spiro atoms. The van der Waals surface area contributed by atoms with E-state index in [-0.39, 0.29) is 5.56 Å². The molecule has 0 aliphatic rings. The van der Waals surface area contributed by atoms with Crippen LogP contribution < -0.4 is 15.6 Å². The molecule has 1 heterocycles. The molecule has 0 radical (unpaired) electrons. The van der Waals surface area contributed by atoms with Crippen LogP contribution in [0.4, 0.5) is 11.4 Å². The second-order valence-electron chi connectivity index (χ2n) is 6.35. The average Bonchev–Trinajstić information content (AvgIpc) is 2.67. The summed E-state index contributed by atoms with van der Waals surface area (Å²) in [4.78, 5) is 23.5. The number of sulfonamides is 1. The van der Waals surface area contributed by atoms with Gasteiger partial charge in [0.25, 0.3) is 5.56 Å². The minimum absolute atomic E-state index is 0.190. The minimum atomic E-state index is -3.44. The van der Waals surface area contributed by atoms with Crippen LogP contribution in [0.1, 0.15) is 19.4 Å². The van der Waals surface area contributed by atoms with Crippen LogP contribution in [-0.2, 0) is 21.9 Å². The normalized spacial score (nSPS) is 10.8. The van der Waals surface area contributed by atoms with E-state index in [1.165, 1.54) is 4.57 Å². The van der Waals surface area contributed by atoms with E-state index in [1.807, 2.05) is 19.9 Å². The van der Waals surface area contributed by atoms with Gasteiger partial charge in [0.15, 0.2) is 0 Å². The maximum Gasteiger partial charge on any atom is 0.258 e. The number of aromatic nitrogens is 1. The Morgan fingerprint density at radius 1 is 1.07 bits per heavy atom. The van der Waals surface area contributed by atoms with Gasteiger partial charge in [0.1, 0.15) is 0 Å². The Hall–Kier alpha value is -3.13. The van der Waals surface area contributed by atoms with Crippen molar-refractivity contribution in [3.8, 4) is 11.1 Å². The number of anilines is 2. The zero-order valence-electron chi connectivity index (χ0n) is 17.1. The molecule has 0 saturated heterocycles. The number of fused-ring (bicyclic) bond motifs is 1. The van der Waals surface area contributed by atoms with Crippen molar-refractivity contribution in [3.05, 3.63) is 58.5 Å². The number of aryl methyl sites for hydroxylation is 2. The summed E-state index contributed by atoms with van der Waals surface area (Å²) in [5, 5.41) is 3.69. The molecule has 29 heavy (non-hydrogen) atoms. The molecule has 0 unspecified atom stereocenters. The Morgan fingerprint density at radius 3 is 2.38 bits per heavy atom. The van der Waals surface area contributed by atoms with E-state index in [1.54, 1.807) is 50.5 Å². The molecule has 0 atom stereocenters. The topological polar surface area (TPSA) is 97.3 Å². The highest BCUT2D eigenvalue weighted by atomic mass is 32.2. The van der Waals surface area contributed by atoms with Gasteiger partial charge in [-0.1, -0.05) is 32.0 Å². The van der Waals surface area contributed by atoms with Crippen molar-refractivity contribution < 1.29 is 13.2 Å². The lowest BCUT2D eigenvalue weighted by Gasteiger charge is -2.15. The molecule has 2 N–H and O–H groups in total. The van der Waals surface area contributed by atoms with Gasteiger partial charge in [0, 0.05) is 35.3 Å². The van der Waals surface area contributed by atoms with Gasteiger partial charge in [0.2, 0.25) is 16.4 Å². The van der Waals surface area contributed by atoms with E-state index in [4.69, 9.17) is 0 Å². The number of nitrogens with one attached hydrogen (secondary N) is 2. The van der Waals surface area contributed by atoms with E-state index >= 15 is 0 Å². The van der Waals surface area contributed by atoms with Gasteiger partial charge in [-0.3, -0.25) is 14.3 Å². The van der Waals surface area contributed by atoms with Crippen molar-refractivity contribution in [3.63, 3.8) is 0 Å². The average molecular weight is 416 g/mol. The molecule has 0 aliphatic heterocycles. The summed E-state index contributed by atoms with van der Waals surface area (Å²) in [5.74, 6) is 0. The van der Waals surface area contributed by atoms with Gasteiger partial charge in [-0.15, -0.1) is 0 Å². The number of hydrogen-bond donors (Lipinski definition) is 2. The van der Waals surface area contributed by atoms with Gasteiger partial charge in [-0.25, -0.2) is 8.42 Å². The Morgan fingerprint density at radius 2 is 1.76 bits per heavy atom. The number of nitrogens with zero attached hydrogens (tertiary/aromatic N) is 1. The molecule has 1 aromatic heterocycles. The monoisotopic (exact) mass is 415 g/mol. The summed E-state index contributed by atoms with van der Waals surface area (Å²) in [6.45, 7) is 5.80. The number of rotatable bonds is 5. The van der Waals surface area contributed by atoms with Crippen LogP contribution in [0, 0.1) is 6.92 Å². The zero-order chi connectivity index (χ0) is 21.8. The Bertz CT molecular complexity index is 1210. The number of amides is 1. The lowest BCUT2D eigenvalue weighted by atomic mass is 9.97. The number of carbonyl (C=O) groups is 1. The highest BCUT2D eigenvalue weighted by Gasteiger charge is 2.14. The van der Waals surface area contributed by atoms with Crippen molar-refractivity contribution in [1.82, 2.24) is 4.57 Å². The predicted molar refractivity (Wildman–Crippen MR) is 119 cm³/mol. The molecule has 154 valence electrons. The molecule has 1 amide bonds. The second-order valence-corrected chi connectivity index (χ2v) is 8.10. The lowest BCUT2D eigenvalue weighted by Crippen LogP contribution is -2.17. The number of hydrogen-bond acceptors (Lipinski definition) is 4. The van der Waals surface area contributed by atoms with Crippen molar-refractivity contribution >= 4 is 38.6 Å². The summed E-state index contributed by atoms with van der Waals surface area (Å²) in [5.41, 5.74) is 2.96. The van der Waals surface area contributed by atoms with Crippen molar-refractivity contribution in [2.75, 3.05) is 16.3 Å². The van der Waals surface area contributed by atoms with E-state index in [0.717, 1.165) is 11.8 Å². The summed E-state index contributed by atoms with van der Waals surface area (Å²) in [6.07, 6.45) is 3.32. The van der Waals surface area contributed by atoms with E-state index in [2.05, 4.69) is 10.0 Å². The molecule has 7 nitrogen and oxygen atoms in total. The van der Waals surface area contributed by atoms with Crippen molar-refractivity contribution in [2.24, 2.45) is 7.05 Å². The van der Waals surface area contributed by atoms with Crippen LogP contribution in [0.3, 0.4) is 0 Å². The third kappa shape index (κ3) is 4.83. The van der Waals surface area contributed by atoms with E-state index in [0.29, 0.717) is 39.7 Å². The summed E-state index contributed by atoms with van der Waals surface area (Å²) >= 11 is 0. The lowest BCUT2D eigenvalue weighted by molar-refractivity contribution is -0.105. The van der Waals surface area contributed by atoms with Crippen LogP contribution in [0.15, 0.2) is 47.4 Å². The number of benzene rings is 2. The standard InChI is InChI=1S/C19H19N3O4S.C2H6/c1-12-7-8-13(9-17(12)21-27(3,25)26)15-10-22(2)19(24)14-5-4-6-16(18(14)15)20-11-23;1-2/h4-11,21H,1-3H3,(H,20,23);1-2H3. The van der Waals surface area contributed by atoms with Crippen molar-refractivity contribution in [1.29, 1.82) is 0 Å². The van der Waals surface area contributed by atoms with Gasteiger partial charge in [0.05, 0.1) is 11.9 Å². The Labute approximate surface area is 170 Å². The molecule has 2 aromatic carbocycles. The second kappa shape index (κ2) is 8.91. The molecule has 0 fully saturated rings. The third-order valence-electron chi connectivity index (χ3n) is 4.27. The zero-order valence-corrected chi connectivity index (χ0v) is 17.9. The molecule has 8 heteroatoms. The van der Waals surface area contributed by atoms with E-state index < -0.39 is 10.0 Å². The molecule has 3 rings (SSSR count). The first-order valence-electron chi connectivity index (χ1n) is 9.12. The van der Waals surface area contributed by atoms with Gasteiger partial charge in [-0.2, -0.15) is 0 Å². The highest BCUT2D eigenvalue weighted by molar-refractivity contribution is 7.92. The van der Waals surface area contributed by atoms with Crippen LogP contribution >= 0.6 is 0 Å². The molecular formula is C21H25N3O4S. The van der Waals surface area contributed by atoms with Crippen molar-refractivity contribution in [2.45, 2.75) is 20.8 Å². The fraction of sp³-hybridized carbons (Fsp3) is 0.238. The highest BCUT2D eigenvalue weighted by Crippen LogP contribution is 2.34. The first-order chi connectivity index (χ1) is 13.7. The van der Waals surface area contributed by atoms with Crippen LogP contribution in [0.5, 0.6) is 0 Å².